The molecule has 2 saturated heterocycles. The summed E-state index contributed by atoms with van der Waals surface area (Å²) in [6, 6.07) is 0. The Labute approximate surface area is 72.3 Å². The Morgan fingerprint density at radius 3 is 2.00 bits per heavy atom. The molecule has 0 radical (unpaired) electrons. The fourth-order valence-corrected chi connectivity index (χ4v) is 2.16. The third-order valence-corrected chi connectivity index (χ3v) is 2.72. The van der Waals surface area contributed by atoms with Gasteiger partial charge in [0.25, 0.3) is 0 Å². The van der Waals surface area contributed by atoms with Gasteiger partial charge < -0.3 is 0 Å². The average molecular weight is 173 g/mol. The van der Waals surface area contributed by atoms with E-state index in [1.807, 2.05) is 18.9 Å². The fraction of sp³-hybridized carbons (Fsp3) is 1.00. The Kier molecular flexibility index (Phi) is 1.70. The summed E-state index contributed by atoms with van der Waals surface area (Å²) < 4.78 is 0. The predicted molar refractivity (Wildman–Crippen MR) is 41.7 cm³/mol. The van der Waals surface area contributed by atoms with Crippen LogP contribution in [0.25, 0.3) is 0 Å². The van der Waals surface area contributed by atoms with Crippen LogP contribution in [0.1, 0.15) is 33.1 Å². The third-order valence-electron chi connectivity index (χ3n) is 2.72. The average Bonchev–Trinajstić information content (AvgIpc) is 2.14. The Morgan fingerprint density at radius 2 is 1.67 bits per heavy atom. The van der Waals surface area contributed by atoms with Crippen LogP contribution in [0.15, 0.2) is 0 Å². The first-order valence-electron chi connectivity index (χ1n) is 4.32. The Balaban J connectivity index is 2.28. The van der Waals surface area contributed by atoms with E-state index in [1.54, 1.807) is 7.11 Å². The topological polar surface area (TPSA) is 30.9 Å². The first-order chi connectivity index (χ1) is 5.61. The molecule has 2 atom stereocenters. The van der Waals surface area contributed by atoms with Crippen molar-refractivity contribution in [3.05, 3.63) is 0 Å². The van der Waals surface area contributed by atoms with Crippen molar-refractivity contribution in [2.24, 2.45) is 0 Å². The molecule has 2 bridgehead atoms. The van der Waals surface area contributed by atoms with Gasteiger partial charge in [0, 0.05) is 0 Å². The second-order valence-electron chi connectivity index (χ2n) is 3.85. The van der Waals surface area contributed by atoms with Crippen LogP contribution in [-0.2, 0) is 14.6 Å². The minimum Gasteiger partial charge on any atom is -0.297 e. The van der Waals surface area contributed by atoms with Gasteiger partial charge in [-0.15, -0.1) is 5.06 Å². The maximum absolute atomic E-state index is 5.27. The highest BCUT2D eigenvalue weighted by molar-refractivity contribution is 4.89. The zero-order valence-corrected chi connectivity index (χ0v) is 7.79. The van der Waals surface area contributed by atoms with Crippen molar-refractivity contribution >= 4 is 0 Å². The second kappa shape index (κ2) is 2.42. The van der Waals surface area contributed by atoms with E-state index in [4.69, 9.17) is 14.6 Å². The Morgan fingerprint density at radius 1 is 1.17 bits per heavy atom. The summed E-state index contributed by atoms with van der Waals surface area (Å²) in [5.41, 5.74) is -0.774. The largest absolute Gasteiger partial charge is 0.297 e. The lowest BCUT2D eigenvalue weighted by Gasteiger charge is -2.39. The van der Waals surface area contributed by atoms with Gasteiger partial charge >= 0.3 is 0 Å². The molecule has 2 fully saturated rings. The highest BCUT2D eigenvalue weighted by Gasteiger charge is 2.57. The number of hydrogen-bond acceptors (Lipinski definition) is 4. The van der Waals surface area contributed by atoms with E-state index in [1.165, 1.54) is 0 Å². The van der Waals surface area contributed by atoms with Crippen LogP contribution in [0.4, 0.5) is 0 Å². The van der Waals surface area contributed by atoms with Gasteiger partial charge in [0.2, 0.25) is 0 Å². The summed E-state index contributed by atoms with van der Waals surface area (Å²) in [7, 11) is 1.65. The van der Waals surface area contributed by atoms with E-state index in [9.17, 15) is 0 Å². The number of hydroxylamine groups is 2. The van der Waals surface area contributed by atoms with Gasteiger partial charge in [0.05, 0.1) is 7.11 Å². The number of rotatable bonds is 1. The maximum Gasteiger partial charge on any atom is 0.178 e. The minimum absolute atomic E-state index is 0.387. The summed E-state index contributed by atoms with van der Waals surface area (Å²) in [6.45, 7) is 3.97. The lowest BCUT2D eigenvalue weighted by atomic mass is 9.95. The molecule has 0 aromatic rings. The zero-order chi connectivity index (χ0) is 8.82. The molecule has 2 aliphatic heterocycles. The predicted octanol–water partition coefficient (Wildman–Crippen LogP) is 1.43. The van der Waals surface area contributed by atoms with Gasteiger partial charge in [0.15, 0.2) is 11.4 Å². The molecule has 2 aliphatic rings. The van der Waals surface area contributed by atoms with Gasteiger partial charge in [-0.2, -0.15) is 0 Å². The van der Waals surface area contributed by atoms with E-state index < -0.39 is 0 Å². The lowest BCUT2D eigenvalue weighted by molar-refractivity contribution is -0.337. The van der Waals surface area contributed by atoms with Crippen LogP contribution in [0, 0.1) is 0 Å². The Hall–Kier alpha value is -0.160. The molecular weight excluding hydrogens is 158 g/mol. The molecule has 12 heavy (non-hydrogen) atoms. The molecule has 2 unspecified atom stereocenters. The van der Waals surface area contributed by atoms with E-state index in [0.717, 1.165) is 19.3 Å². The summed E-state index contributed by atoms with van der Waals surface area (Å²) in [5, 5.41) is 1.81. The molecule has 0 aliphatic carbocycles. The number of nitrogens with zero attached hydrogens (tertiary/aromatic N) is 1. The number of hydrogen-bond donors (Lipinski definition) is 0. The van der Waals surface area contributed by atoms with Crippen molar-refractivity contribution in [2.75, 3.05) is 7.11 Å². The zero-order valence-electron chi connectivity index (χ0n) is 7.79. The Bertz CT molecular complexity index is 181. The van der Waals surface area contributed by atoms with Crippen LogP contribution in [0.3, 0.4) is 0 Å². The first-order valence-corrected chi connectivity index (χ1v) is 4.32. The molecule has 0 aromatic carbocycles. The first kappa shape index (κ1) is 8.44. The van der Waals surface area contributed by atoms with Crippen LogP contribution in [-0.4, -0.2) is 23.6 Å². The molecule has 4 heteroatoms. The monoisotopic (exact) mass is 173 g/mol. The van der Waals surface area contributed by atoms with Crippen LogP contribution in [0.5, 0.6) is 0 Å². The van der Waals surface area contributed by atoms with Crippen molar-refractivity contribution < 1.29 is 14.6 Å². The highest BCUT2D eigenvalue weighted by atomic mass is 17.3. The molecule has 4 nitrogen and oxygen atoms in total. The van der Waals surface area contributed by atoms with Gasteiger partial charge in [-0.3, -0.25) is 4.84 Å². The van der Waals surface area contributed by atoms with Gasteiger partial charge in [-0.05, 0) is 33.1 Å². The van der Waals surface area contributed by atoms with Crippen LogP contribution >= 0.6 is 0 Å². The molecule has 0 N–H and O–H groups in total. The van der Waals surface area contributed by atoms with Crippen molar-refractivity contribution in [1.29, 1.82) is 0 Å². The smallest absolute Gasteiger partial charge is 0.178 e. The summed E-state index contributed by atoms with van der Waals surface area (Å²) in [5.74, 6) is 0. The number of fused-ring (bicyclic) bond motifs is 2. The SMILES string of the molecule is CON1C2(C)CCCC1(C)OO2. The summed E-state index contributed by atoms with van der Waals surface area (Å²) >= 11 is 0. The fourth-order valence-electron chi connectivity index (χ4n) is 2.16. The highest BCUT2D eigenvalue weighted by Crippen LogP contribution is 2.46. The van der Waals surface area contributed by atoms with E-state index in [2.05, 4.69) is 0 Å². The van der Waals surface area contributed by atoms with E-state index in [0.29, 0.717) is 0 Å². The summed E-state index contributed by atoms with van der Waals surface area (Å²) in [4.78, 5) is 15.8. The molecule has 0 amide bonds. The second-order valence-corrected chi connectivity index (χ2v) is 3.85. The van der Waals surface area contributed by atoms with Crippen molar-refractivity contribution in [2.45, 2.75) is 44.6 Å². The lowest BCUT2D eigenvalue weighted by Crippen LogP contribution is -2.54. The normalized spacial score (nSPS) is 48.2. The standard InChI is InChI=1S/C8H15NO3/c1-7-5-4-6-8(2,12-11-7)9(7)10-3/h4-6H2,1-3H3. The van der Waals surface area contributed by atoms with Gasteiger partial charge in [0.1, 0.15) is 0 Å². The maximum atomic E-state index is 5.27. The van der Waals surface area contributed by atoms with Crippen molar-refractivity contribution in [3.63, 3.8) is 0 Å². The molecule has 2 rings (SSSR count). The van der Waals surface area contributed by atoms with Crippen molar-refractivity contribution in [1.82, 2.24) is 5.06 Å². The molecular formula is C8H15NO3. The van der Waals surface area contributed by atoms with E-state index in [-0.39, 0.29) is 11.4 Å². The van der Waals surface area contributed by atoms with Crippen molar-refractivity contribution in [3.8, 4) is 0 Å². The quantitative estimate of drug-likeness (QED) is 0.561. The van der Waals surface area contributed by atoms with Gasteiger partial charge in [-0.1, -0.05) is 0 Å². The summed E-state index contributed by atoms with van der Waals surface area (Å²) in [6.07, 6.45) is 3.03. The van der Waals surface area contributed by atoms with E-state index >= 15 is 0 Å². The molecule has 2 heterocycles. The van der Waals surface area contributed by atoms with Gasteiger partial charge in [-0.25, -0.2) is 9.78 Å². The molecule has 70 valence electrons. The number of piperidine rings is 1. The molecule has 0 saturated carbocycles. The molecule has 0 spiro atoms. The third kappa shape index (κ3) is 0.925. The van der Waals surface area contributed by atoms with Crippen LogP contribution in [0.2, 0.25) is 0 Å². The van der Waals surface area contributed by atoms with Crippen LogP contribution < -0.4 is 0 Å². The molecule has 0 aromatic heterocycles. The minimum atomic E-state index is -0.387.